The van der Waals surface area contributed by atoms with E-state index in [0.717, 1.165) is 11.1 Å². The van der Waals surface area contributed by atoms with Gasteiger partial charge in [-0.15, -0.1) is 0 Å². The zero-order valence-corrected chi connectivity index (χ0v) is 14.0. The number of carbonyl (C=O) groups is 2. The van der Waals surface area contributed by atoms with E-state index in [9.17, 15) is 14.7 Å². The third kappa shape index (κ3) is 3.63. The molecule has 1 aliphatic rings. The quantitative estimate of drug-likeness (QED) is 0.645. The fraction of sp³-hybridized carbons (Fsp3) is 0.238. The van der Waals surface area contributed by atoms with E-state index in [0.29, 0.717) is 12.8 Å². The Morgan fingerprint density at radius 3 is 2.32 bits per heavy atom. The molecule has 4 heteroatoms. The van der Waals surface area contributed by atoms with Crippen LogP contribution in [0.2, 0.25) is 0 Å². The molecule has 0 spiro atoms. The van der Waals surface area contributed by atoms with Gasteiger partial charge < -0.3 is 9.84 Å². The van der Waals surface area contributed by atoms with Crippen LogP contribution in [0.3, 0.4) is 0 Å². The van der Waals surface area contributed by atoms with Crippen LogP contribution in [0, 0.1) is 0 Å². The summed E-state index contributed by atoms with van der Waals surface area (Å²) in [5.41, 5.74) is 1.67. The molecular weight excluding hydrogens is 316 g/mol. The number of benzene rings is 2. The average molecular weight is 336 g/mol. The Morgan fingerprint density at radius 1 is 1.08 bits per heavy atom. The number of hydrogen-bond acceptors (Lipinski definition) is 4. The molecule has 0 saturated carbocycles. The van der Waals surface area contributed by atoms with Crippen molar-refractivity contribution in [2.75, 3.05) is 0 Å². The van der Waals surface area contributed by atoms with Crippen LogP contribution in [0.25, 0.3) is 0 Å². The summed E-state index contributed by atoms with van der Waals surface area (Å²) in [5, 5.41) is 10.4. The first kappa shape index (κ1) is 17.0. The predicted octanol–water partition coefficient (Wildman–Crippen LogP) is 3.73. The summed E-state index contributed by atoms with van der Waals surface area (Å²) in [6, 6.07) is 18.9. The Kier molecular flexibility index (Phi) is 4.98. The van der Waals surface area contributed by atoms with Gasteiger partial charge in [0.25, 0.3) is 0 Å². The average Bonchev–Trinajstić information content (AvgIpc) is 2.94. The topological polar surface area (TPSA) is 63.6 Å². The molecule has 0 fully saturated rings. The Morgan fingerprint density at radius 2 is 1.68 bits per heavy atom. The largest absolute Gasteiger partial charge is 0.507 e. The Bertz CT molecular complexity index is 793. The van der Waals surface area contributed by atoms with Crippen LogP contribution < -0.4 is 0 Å². The van der Waals surface area contributed by atoms with E-state index >= 15 is 0 Å². The monoisotopic (exact) mass is 336 g/mol. The van der Waals surface area contributed by atoms with Crippen molar-refractivity contribution in [1.82, 2.24) is 0 Å². The van der Waals surface area contributed by atoms with Crippen molar-refractivity contribution in [2.24, 2.45) is 0 Å². The van der Waals surface area contributed by atoms with Gasteiger partial charge >= 0.3 is 5.97 Å². The summed E-state index contributed by atoms with van der Waals surface area (Å²) in [6.45, 7) is 1.72. The van der Waals surface area contributed by atoms with Crippen molar-refractivity contribution < 1.29 is 19.4 Å². The highest BCUT2D eigenvalue weighted by Gasteiger charge is 2.39. The molecule has 0 amide bonds. The van der Waals surface area contributed by atoms with Crippen molar-refractivity contribution in [3.63, 3.8) is 0 Å². The summed E-state index contributed by atoms with van der Waals surface area (Å²) in [4.78, 5) is 24.8. The van der Waals surface area contributed by atoms with Gasteiger partial charge in [-0.05, 0) is 24.0 Å². The lowest BCUT2D eigenvalue weighted by Gasteiger charge is -2.10. The third-order valence-corrected chi connectivity index (χ3v) is 4.49. The number of aliphatic hydroxyl groups is 1. The minimum atomic E-state index is -0.755. The second kappa shape index (κ2) is 7.34. The van der Waals surface area contributed by atoms with Gasteiger partial charge in [-0.2, -0.15) is 0 Å². The lowest BCUT2D eigenvalue weighted by atomic mass is 9.91. The maximum absolute atomic E-state index is 12.7. The van der Waals surface area contributed by atoms with E-state index in [1.807, 2.05) is 60.7 Å². The van der Waals surface area contributed by atoms with Crippen LogP contribution in [-0.4, -0.2) is 23.0 Å². The minimum Gasteiger partial charge on any atom is -0.507 e. The fourth-order valence-electron chi connectivity index (χ4n) is 2.98. The van der Waals surface area contributed by atoms with Gasteiger partial charge in [0.1, 0.15) is 5.57 Å². The molecule has 1 aliphatic heterocycles. The molecule has 2 aromatic carbocycles. The summed E-state index contributed by atoms with van der Waals surface area (Å²) in [6.07, 6.45) is 0.339. The SMILES string of the molecule is C[C@H](C(=O)C1=C(O)C(CCc2ccccc2)OC1=O)c1ccccc1. The van der Waals surface area contributed by atoms with Crippen molar-refractivity contribution >= 4 is 11.8 Å². The molecular formula is C21H20O4. The number of Topliss-reactive ketones (excluding diaryl/α,β-unsaturated/α-hetero) is 1. The van der Waals surface area contributed by atoms with Gasteiger partial charge in [0.15, 0.2) is 17.6 Å². The van der Waals surface area contributed by atoms with Gasteiger partial charge in [0.05, 0.1) is 0 Å². The van der Waals surface area contributed by atoms with Crippen molar-refractivity contribution in [2.45, 2.75) is 31.8 Å². The predicted molar refractivity (Wildman–Crippen MR) is 94.2 cm³/mol. The van der Waals surface area contributed by atoms with Crippen LogP contribution in [0.4, 0.5) is 0 Å². The molecule has 4 nitrogen and oxygen atoms in total. The molecule has 3 rings (SSSR count). The smallest absolute Gasteiger partial charge is 0.346 e. The number of aliphatic hydroxyl groups excluding tert-OH is 1. The van der Waals surface area contributed by atoms with Crippen LogP contribution in [0.5, 0.6) is 0 Å². The number of aryl methyl sites for hydroxylation is 1. The van der Waals surface area contributed by atoms with Gasteiger partial charge in [-0.3, -0.25) is 4.79 Å². The van der Waals surface area contributed by atoms with E-state index in [1.165, 1.54) is 0 Å². The van der Waals surface area contributed by atoms with Crippen LogP contribution in [-0.2, 0) is 20.7 Å². The first-order chi connectivity index (χ1) is 12.1. The molecule has 2 atom stereocenters. The first-order valence-electron chi connectivity index (χ1n) is 8.35. The van der Waals surface area contributed by atoms with Gasteiger partial charge in [0.2, 0.25) is 0 Å². The highest BCUT2D eigenvalue weighted by atomic mass is 16.6. The number of esters is 1. The zero-order valence-electron chi connectivity index (χ0n) is 14.0. The summed E-state index contributed by atoms with van der Waals surface area (Å²) in [5.74, 6) is -1.90. The number of cyclic esters (lactones) is 1. The van der Waals surface area contributed by atoms with Gasteiger partial charge in [-0.25, -0.2) is 4.79 Å². The van der Waals surface area contributed by atoms with E-state index in [2.05, 4.69) is 0 Å². The van der Waals surface area contributed by atoms with E-state index in [1.54, 1.807) is 6.92 Å². The molecule has 0 bridgehead atoms. The molecule has 0 saturated heterocycles. The van der Waals surface area contributed by atoms with Crippen LogP contribution in [0.15, 0.2) is 72.0 Å². The summed E-state index contributed by atoms with van der Waals surface area (Å²) < 4.78 is 5.23. The molecule has 25 heavy (non-hydrogen) atoms. The minimum absolute atomic E-state index is 0.214. The van der Waals surface area contributed by atoms with Crippen molar-refractivity contribution in [3.05, 3.63) is 83.1 Å². The van der Waals surface area contributed by atoms with Gasteiger partial charge in [0, 0.05) is 5.92 Å². The second-order valence-electron chi connectivity index (χ2n) is 6.18. The van der Waals surface area contributed by atoms with Crippen molar-refractivity contribution in [3.8, 4) is 0 Å². The second-order valence-corrected chi connectivity index (χ2v) is 6.18. The number of hydrogen-bond donors (Lipinski definition) is 1. The number of ketones is 1. The Balaban J connectivity index is 1.74. The molecule has 0 radical (unpaired) electrons. The summed E-state index contributed by atoms with van der Waals surface area (Å²) >= 11 is 0. The number of ether oxygens (including phenoxy) is 1. The Hall–Kier alpha value is -2.88. The molecule has 1 unspecified atom stereocenters. The number of carbonyl (C=O) groups excluding carboxylic acids is 2. The van der Waals surface area contributed by atoms with Crippen molar-refractivity contribution in [1.29, 1.82) is 0 Å². The zero-order chi connectivity index (χ0) is 17.8. The van der Waals surface area contributed by atoms with Crippen LogP contribution in [0.1, 0.15) is 30.4 Å². The van der Waals surface area contributed by atoms with E-state index < -0.39 is 23.8 Å². The molecule has 1 N–H and O–H groups in total. The molecule has 2 aromatic rings. The van der Waals surface area contributed by atoms with Crippen LogP contribution >= 0.6 is 0 Å². The molecule has 1 heterocycles. The molecule has 0 aliphatic carbocycles. The summed E-state index contributed by atoms with van der Waals surface area (Å²) in [7, 11) is 0. The van der Waals surface area contributed by atoms with E-state index in [-0.39, 0.29) is 11.3 Å². The maximum Gasteiger partial charge on any atom is 0.346 e. The van der Waals surface area contributed by atoms with E-state index in [4.69, 9.17) is 4.74 Å². The lowest BCUT2D eigenvalue weighted by molar-refractivity contribution is -0.141. The lowest BCUT2D eigenvalue weighted by Crippen LogP contribution is -2.17. The fourth-order valence-corrected chi connectivity index (χ4v) is 2.98. The van der Waals surface area contributed by atoms with Gasteiger partial charge in [-0.1, -0.05) is 67.6 Å². The Labute approximate surface area is 146 Å². The standard InChI is InChI=1S/C21H20O4/c1-14(16-10-6-3-7-11-16)19(22)18-20(23)17(25-21(18)24)13-12-15-8-4-2-5-9-15/h2-11,14,17,23H,12-13H2,1H3/t14-,17?/m0/s1. The maximum atomic E-state index is 12.7. The highest BCUT2D eigenvalue weighted by molar-refractivity contribution is 6.21. The molecule has 0 aromatic heterocycles. The molecule has 128 valence electrons. The third-order valence-electron chi connectivity index (χ3n) is 4.49. The highest BCUT2D eigenvalue weighted by Crippen LogP contribution is 2.29. The normalized spacial score (nSPS) is 18.1. The first-order valence-corrected chi connectivity index (χ1v) is 8.35. The number of rotatable bonds is 6.